The van der Waals surface area contributed by atoms with E-state index in [2.05, 4.69) is 18.2 Å². The average Bonchev–Trinajstić information content (AvgIpc) is 2.42. The molecule has 3 nitrogen and oxygen atoms in total. The molecule has 0 radical (unpaired) electrons. The van der Waals surface area contributed by atoms with Crippen LogP contribution < -0.4 is 10.5 Å². The third-order valence-corrected chi connectivity index (χ3v) is 3.27. The van der Waals surface area contributed by atoms with E-state index < -0.39 is 0 Å². The molecule has 0 unspecified atom stereocenters. The van der Waals surface area contributed by atoms with Crippen LogP contribution in [0.15, 0.2) is 36.4 Å². The van der Waals surface area contributed by atoms with Gasteiger partial charge in [0.15, 0.2) is 0 Å². The van der Waals surface area contributed by atoms with Gasteiger partial charge in [-0.1, -0.05) is 36.4 Å². The fourth-order valence-corrected chi connectivity index (χ4v) is 2.27. The van der Waals surface area contributed by atoms with Crippen molar-refractivity contribution in [2.24, 2.45) is 5.73 Å². The van der Waals surface area contributed by atoms with Crippen molar-refractivity contribution < 1.29 is 9.47 Å². The Hall–Kier alpha value is -1.58. The summed E-state index contributed by atoms with van der Waals surface area (Å²) in [5, 5.41) is 2.26. The van der Waals surface area contributed by atoms with E-state index in [0.29, 0.717) is 13.2 Å². The van der Waals surface area contributed by atoms with Gasteiger partial charge in [-0.05, 0) is 33.1 Å². The number of ether oxygens (including phenoxy) is 2. The van der Waals surface area contributed by atoms with Crippen LogP contribution in [0.5, 0.6) is 5.75 Å². The van der Waals surface area contributed by atoms with Gasteiger partial charge in [0.2, 0.25) is 0 Å². The maximum Gasteiger partial charge on any atom is 0.131 e. The third kappa shape index (κ3) is 4.19. The molecule has 0 aromatic heterocycles. The van der Waals surface area contributed by atoms with Gasteiger partial charge in [0.05, 0.1) is 12.2 Å². The second kappa shape index (κ2) is 6.46. The van der Waals surface area contributed by atoms with Crippen LogP contribution >= 0.6 is 0 Å². The van der Waals surface area contributed by atoms with E-state index in [9.17, 15) is 0 Å². The molecule has 2 aromatic carbocycles. The molecule has 0 saturated heterocycles. The van der Waals surface area contributed by atoms with Crippen molar-refractivity contribution in [3.05, 3.63) is 42.0 Å². The van der Waals surface area contributed by atoms with E-state index in [4.69, 9.17) is 15.2 Å². The Morgan fingerprint density at radius 3 is 2.43 bits per heavy atom. The Labute approximate surface area is 127 Å². The smallest absolute Gasteiger partial charge is 0.131 e. The SMILES string of the molecule is C[C@@H](N)c1ccc2ccccc2c1OCCOC(C)(C)C. The van der Waals surface area contributed by atoms with Crippen molar-refractivity contribution in [3.8, 4) is 5.75 Å². The number of hydrogen-bond donors (Lipinski definition) is 1. The molecule has 114 valence electrons. The Balaban J connectivity index is 2.21. The summed E-state index contributed by atoms with van der Waals surface area (Å²) in [7, 11) is 0. The number of fused-ring (bicyclic) bond motifs is 1. The molecule has 2 rings (SSSR count). The fourth-order valence-electron chi connectivity index (χ4n) is 2.27. The second-order valence-corrected chi connectivity index (χ2v) is 6.30. The summed E-state index contributed by atoms with van der Waals surface area (Å²) in [5.41, 5.74) is 6.95. The molecule has 0 amide bonds. The maximum atomic E-state index is 6.07. The van der Waals surface area contributed by atoms with E-state index in [-0.39, 0.29) is 11.6 Å². The van der Waals surface area contributed by atoms with E-state index in [0.717, 1.165) is 22.1 Å². The number of benzene rings is 2. The van der Waals surface area contributed by atoms with Crippen LogP contribution in [0.3, 0.4) is 0 Å². The molecule has 2 N–H and O–H groups in total. The van der Waals surface area contributed by atoms with Crippen molar-refractivity contribution >= 4 is 10.8 Å². The van der Waals surface area contributed by atoms with Crippen molar-refractivity contribution in [1.82, 2.24) is 0 Å². The molecule has 0 aliphatic carbocycles. The average molecular weight is 287 g/mol. The Bertz CT molecular complexity index is 600. The number of hydrogen-bond acceptors (Lipinski definition) is 3. The van der Waals surface area contributed by atoms with Gasteiger partial charge < -0.3 is 15.2 Å². The van der Waals surface area contributed by atoms with Crippen LogP contribution in [0.4, 0.5) is 0 Å². The summed E-state index contributed by atoms with van der Waals surface area (Å²) in [5.74, 6) is 0.876. The molecular formula is C18H25NO2. The van der Waals surface area contributed by atoms with Crippen LogP contribution in [0.2, 0.25) is 0 Å². The minimum absolute atomic E-state index is 0.0619. The van der Waals surface area contributed by atoms with Crippen LogP contribution in [0.1, 0.15) is 39.3 Å². The zero-order chi connectivity index (χ0) is 15.5. The first kappa shape index (κ1) is 15.8. The fraction of sp³-hybridized carbons (Fsp3) is 0.444. The highest BCUT2D eigenvalue weighted by Gasteiger charge is 2.13. The number of nitrogens with two attached hydrogens (primary N) is 1. The molecule has 3 heteroatoms. The van der Waals surface area contributed by atoms with Gasteiger partial charge in [0.1, 0.15) is 12.4 Å². The standard InChI is InChI=1S/C18H25NO2/c1-13(19)15-10-9-14-7-5-6-8-16(14)17(15)20-11-12-21-18(2,3)4/h5-10,13H,11-12,19H2,1-4H3/t13-/m1/s1. The largest absolute Gasteiger partial charge is 0.490 e. The maximum absolute atomic E-state index is 6.07. The summed E-state index contributed by atoms with van der Waals surface area (Å²) in [4.78, 5) is 0. The van der Waals surface area contributed by atoms with Gasteiger partial charge >= 0.3 is 0 Å². The second-order valence-electron chi connectivity index (χ2n) is 6.30. The normalized spacial score (nSPS) is 13.4. The molecule has 0 fully saturated rings. The summed E-state index contributed by atoms with van der Waals surface area (Å²) in [6, 6.07) is 12.3. The van der Waals surface area contributed by atoms with Crippen LogP contribution in [-0.4, -0.2) is 18.8 Å². The van der Waals surface area contributed by atoms with Gasteiger partial charge in [-0.3, -0.25) is 0 Å². The zero-order valence-electron chi connectivity index (χ0n) is 13.3. The lowest BCUT2D eigenvalue weighted by Crippen LogP contribution is -2.22. The van der Waals surface area contributed by atoms with Gasteiger partial charge in [0.25, 0.3) is 0 Å². The predicted molar refractivity (Wildman–Crippen MR) is 87.8 cm³/mol. The highest BCUT2D eigenvalue weighted by Crippen LogP contribution is 2.32. The lowest BCUT2D eigenvalue weighted by atomic mass is 10.0. The molecule has 0 saturated carbocycles. The van der Waals surface area contributed by atoms with Crippen molar-refractivity contribution in [3.63, 3.8) is 0 Å². The van der Waals surface area contributed by atoms with Gasteiger partial charge in [-0.25, -0.2) is 0 Å². The summed E-state index contributed by atoms with van der Waals surface area (Å²) >= 11 is 0. The molecular weight excluding hydrogens is 262 g/mol. The Morgan fingerprint density at radius 1 is 1.05 bits per heavy atom. The van der Waals surface area contributed by atoms with Crippen LogP contribution in [-0.2, 0) is 4.74 Å². The molecule has 1 atom stereocenters. The summed E-state index contributed by atoms with van der Waals surface area (Å²) in [6.45, 7) is 9.17. The Morgan fingerprint density at radius 2 is 1.76 bits per heavy atom. The zero-order valence-corrected chi connectivity index (χ0v) is 13.3. The molecule has 0 aliphatic rings. The molecule has 2 aromatic rings. The first-order valence-corrected chi connectivity index (χ1v) is 7.42. The molecule has 0 aliphatic heterocycles. The molecule has 0 spiro atoms. The van der Waals surface area contributed by atoms with E-state index in [1.165, 1.54) is 0 Å². The molecule has 0 bridgehead atoms. The topological polar surface area (TPSA) is 44.5 Å². The first-order chi connectivity index (χ1) is 9.88. The van der Waals surface area contributed by atoms with Crippen LogP contribution in [0, 0.1) is 0 Å². The van der Waals surface area contributed by atoms with Crippen molar-refractivity contribution in [1.29, 1.82) is 0 Å². The van der Waals surface area contributed by atoms with Crippen molar-refractivity contribution in [2.45, 2.75) is 39.3 Å². The minimum atomic E-state index is -0.147. The Kier molecular flexibility index (Phi) is 4.86. The third-order valence-electron chi connectivity index (χ3n) is 3.27. The molecule has 21 heavy (non-hydrogen) atoms. The van der Waals surface area contributed by atoms with E-state index in [1.807, 2.05) is 45.9 Å². The lowest BCUT2D eigenvalue weighted by Gasteiger charge is -2.21. The van der Waals surface area contributed by atoms with Gasteiger partial charge in [-0.2, -0.15) is 0 Å². The van der Waals surface area contributed by atoms with Gasteiger partial charge in [-0.15, -0.1) is 0 Å². The highest BCUT2D eigenvalue weighted by atomic mass is 16.5. The highest BCUT2D eigenvalue weighted by molar-refractivity contribution is 5.89. The number of rotatable bonds is 5. The van der Waals surface area contributed by atoms with E-state index in [1.54, 1.807) is 0 Å². The minimum Gasteiger partial charge on any atom is -0.490 e. The van der Waals surface area contributed by atoms with Crippen molar-refractivity contribution in [2.75, 3.05) is 13.2 Å². The summed E-state index contributed by atoms with van der Waals surface area (Å²) in [6.07, 6.45) is 0. The first-order valence-electron chi connectivity index (χ1n) is 7.42. The predicted octanol–water partition coefficient (Wildman–Crippen LogP) is 4.05. The molecule has 0 heterocycles. The lowest BCUT2D eigenvalue weighted by molar-refractivity contribution is -0.0162. The monoisotopic (exact) mass is 287 g/mol. The quantitative estimate of drug-likeness (QED) is 0.844. The van der Waals surface area contributed by atoms with Crippen LogP contribution in [0.25, 0.3) is 10.8 Å². The van der Waals surface area contributed by atoms with Gasteiger partial charge in [0, 0.05) is 17.0 Å². The summed E-state index contributed by atoms with van der Waals surface area (Å²) < 4.78 is 11.7. The van der Waals surface area contributed by atoms with E-state index >= 15 is 0 Å².